The molecule has 0 saturated carbocycles. The van der Waals surface area contributed by atoms with E-state index in [-0.39, 0.29) is 17.0 Å². The first-order valence-electron chi connectivity index (χ1n) is 6.92. The number of nitrogens with one attached hydrogen (secondary N) is 2. The molecule has 1 aromatic heterocycles. The molecule has 2 N–H and O–H groups in total. The van der Waals surface area contributed by atoms with E-state index in [0.29, 0.717) is 11.6 Å². The Hall–Kier alpha value is -2.07. The maximum atomic E-state index is 12.2. The van der Waals surface area contributed by atoms with Crippen molar-refractivity contribution in [3.63, 3.8) is 0 Å². The fraction of sp³-hybridized carbons (Fsp3) is 0.250. The van der Waals surface area contributed by atoms with Gasteiger partial charge in [0, 0.05) is 17.3 Å². The molecule has 0 bridgehead atoms. The van der Waals surface area contributed by atoms with Crippen molar-refractivity contribution in [2.24, 2.45) is 0 Å². The highest BCUT2D eigenvalue weighted by atomic mass is 35.5. The minimum Gasteiger partial charge on any atom is -0.348 e. The zero-order valence-electron chi connectivity index (χ0n) is 11.4. The summed E-state index contributed by atoms with van der Waals surface area (Å²) in [6.07, 6.45) is 2.82. The maximum Gasteiger partial charge on any atom is 0.261 e. The van der Waals surface area contributed by atoms with Crippen LogP contribution < -0.4 is 10.9 Å². The highest BCUT2D eigenvalue weighted by Crippen LogP contribution is 2.19. The van der Waals surface area contributed by atoms with Crippen LogP contribution in [0.15, 0.2) is 35.1 Å². The van der Waals surface area contributed by atoms with Crippen molar-refractivity contribution in [3.05, 3.63) is 68.1 Å². The fourth-order valence-electron chi connectivity index (χ4n) is 2.59. The lowest BCUT2D eigenvalue weighted by molar-refractivity contribution is 0.0949. The summed E-state index contributed by atoms with van der Waals surface area (Å²) in [6, 6.07) is 9.01. The van der Waals surface area contributed by atoms with E-state index < -0.39 is 0 Å². The number of carbonyl (C=O) groups excluding carboxylic acids is 1. The first-order valence-corrected chi connectivity index (χ1v) is 7.29. The first-order chi connectivity index (χ1) is 10.1. The Morgan fingerprint density at radius 2 is 2.10 bits per heavy atom. The van der Waals surface area contributed by atoms with Crippen LogP contribution in [0.2, 0.25) is 5.02 Å². The number of H-pyrrole nitrogens is 1. The van der Waals surface area contributed by atoms with Crippen molar-refractivity contribution >= 4 is 17.5 Å². The summed E-state index contributed by atoms with van der Waals surface area (Å²) in [7, 11) is 0. The van der Waals surface area contributed by atoms with Crippen molar-refractivity contribution in [3.8, 4) is 0 Å². The van der Waals surface area contributed by atoms with Crippen molar-refractivity contribution in [1.82, 2.24) is 10.3 Å². The van der Waals surface area contributed by atoms with Crippen LogP contribution in [0.4, 0.5) is 0 Å². The van der Waals surface area contributed by atoms with E-state index in [1.54, 1.807) is 12.1 Å². The van der Waals surface area contributed by atoms with Crippen LogP contribution in [-0.2, 0) is 19.4 Å². The second-order valence-electron chi connectivity index (χ2n) is 5.14. The van der Waals surface area contributed by atoms with E-state index in [1.165, 1.54) is 0 Å². The molecule has 1 aromatic carbocycles. The number of hydrogen-bond donors (Lipinski definition) is 2. The van der Waals surface area contributed by atoms with E-state index in [1.807, 2.05) is 18.2 Å². The Kier molecular flexibility index (Phi) is 3.80. The Balaban J connectivity index is 1.77. The summed E-state index contributed by atoms with van der Waals surface area (Å²) in [4.78, 5) is 26.9. The summed E-state index contributed by atoms with van der Waals surface area (Å²) < 4.78 is 0. The van der Waals surface area contributed by atoms with E-state index >= 15 is 0 Å². The van der Waals surface area contributed by atoms with Gasteiger partial charge in [-0.25, -0.2) is 0 Å². The second-order valence-corrected chi connectivity index (χ2v) is 5.55. The van der Waals surface area contributed by atoms with Crippen molar-refractivity contribution in [2.45, 2.75) is 25.8 Å². The van der Waals surface area contributed by atoms with Crippen LogP contribution in [0.3, 0.4) is 0 Å². The number of halogens is 1. The smallest absolute Gasteiger partial charge is 0.261 e. The SMILES string of the molecule is O=C(NCc1ccccc1Cl)c1cc2c([nH]c1=O)CCC2. The van der Waals surface area contributed by atoms with Gasteiger partial charge in [0.2, 0.25) is 0 Å². The third-order valence-corrected chi connectivity index (χ3v) is 4.10. The first kappa shape index (κ1) is 13.9. The van der Waals surface area contributed by atoms with Gasteiger partial charge in [0.05, 0.1) is 0 Å². The zero-order valence-corrected chi connectivity index (χ0v) is 12.2. The number of fused-ring (bicyclic) bond motifs is 1. The third kappa shape index (κ3) is 2.85. The van der Waals surface area contributed by atoms with Crippen molar-refractivity contribution in [1.29, 1.82) is 0 Å². The predicted molar refractivity (Wildman–Crippen MR) is 81.7 cm³/mol. The molecule has 1 amide bonds. The van der Waals surface area contributed by atoms with Gasteiger partial charge in [0.15, 0.2) is 0 Å². The number of pyridine rings is 1. The Morgan fingerprint density at radius 1 is 1.29 bits per heavy atom. The van der Waals surface area contributed by atoms with Gasteiger partial charge < -0.3 is 10.3 Å². The molecule has 0 atom stereocenters. The molecule has 0 aliphatic heterocycles. The molecule has 0 unspecified atom stereocenters. The summed E-state index contributed by atoms with van der Waals surface area (Å²) in [5.41, 5.74) is 2.69. The van der Waals surface area contributed by atoms with Crippen LogP contribution in [-0.4, -0.2) is 10.9 Å². The lowest BCUT2D eigenvalue weighted by Crippen LogP contribution is -2.30. The normalized spacial score (nSPS) is 13.0. The van der Waals surface area contributed by atoms with Gasteiger partial charge >= 0.3 is 0 Å². The van der Waals surface area contributed by atoms with E-state index in [4.69, 9.17) is 11.6 Å². The third-order valence-electron chi connectivity index (χ3n) is 3.73. The van der Waals surface area contributed by atoms with Crippen LogP contribution in [0.25, 0.3) is 0 Å². The molecule has 1 aliphatic rings. The molecule has 3 rings (SSSR count). The molecule has 1 heterocycles. The molecule has 21 heavy (non-hydrogen) atoms. The number of aromatic nitrogens is 1. The van der Waals surface area contributed by atoms with Crippen molar-refractivity contribution in [2.75, 3.05) is 0 Å². The van der Waals surface area contributed by atoms with Gasteiger partial charge in [-0.15, -0.1) is 0 Å². The summed E-state index contributed by atoms with van der Waals surface area (Å²) in [5.74, 6) is -0.370. The van der Waals surface area contributed by atoms with Crippen LogP contribution in [0.5, 0.6) is 0 Å². The quantitative estimate of drug-likeness (QED) is 0.915. The number of carbonyl (C=O) groups is 1. The van der Waals surface area contributed by atoms with Crippen LogP contribution >= 0.6 is 11.6 Å². The molecule has 0 saturated heterocycles. The zero-order chi connectivity index (χ0) is 14.8. The predicted octanol–water partition coefficient (Wildman–Crippen LogP) is 2.45. The van der Waals surface area contributed by atoms with Gasteiger partial charge in [-0.05, 0) is 42.5 Å². The molecule has 0 radical (unpaired) electrons. The number of aromatic amines is 1. The Morgan fingerprint density at radius 3 is 2.90 bits per heavy atom. The fourth-order valence-corrected chi connectivity index (χ4v) is 2.80. The topological polar surface area (TPSA) is 62.0 Å². The number of amides is 1. The molecular formula is C16H15ClN2O2. The Bertz CT molecular complexity index is 752. The van der Waals surface area contributed by atoms with Gasteiger partial charge in [-0.2, -0.15) is 0 Å². The molecule has 0 fully saturated rings. The minimum absolute atomic E-state index is 0.169. The number of benzene rings is 1. The summed E-state index contributed by atoms with van der Waals surface area (Å²) >= 11 is 6.04. The number of rotatable bonds is 3. The highest BCUT2D eigenvalue weighted by Gasteiger charge is 2.17. The van der Waals surface area contributed by atoms with Gasteiger partial charge in [-0.3, -0.25) is 9.59 Å². The summed E-state index contributed by atoms with van der Waals surface area (Å²) in [6.45, 7) is 0.301. The molecule has 5 heteroatoms. The highest BCUT2D eigenvalue weighted by molar-refractivity contribution is 6.31. The number of hydrogen-bond acceptors (Lipinski definition) is 2. The maximum absolute atomic E-state index is 12.2. The van der Waals surface area contributed by atoms with Crippen LogP contribution in [0, 0.1) is 0 Å². The van der Waals surface area contributed by atoms with Crippen molar-refractivity contribution < 1.29 is 4.79 Å². The molecule has 1 aliphatic carbocycles. The average molecular weight is 303 g/mol. The molecule has 108 valence electrons. The average Bonchev–Trinajstić information content (AvgIpc) is 2.92. The van der Waals surface area contributed by atoms with Gasteiger partial charge in [0.1, 0.15) is 5.56 Å². The lowest BCUT2D eigenvalue weighted by Gasteiger charge is -2.08. The van der Waals surface area contributed by atoms with E-state index in [0.717, 1.165) is 36.1 Å². The molecular weight excluding hydrogens is 288 g/mol. The summed E-state index contributed by atoms with van der Waals surface area (Å²) in [5, 5.41) is 3.34. The van der Waals surface area contributed by atoms with E-state index in [2.05, 4.69) is 10.3 Å². The van der Waals surface area contributed by atoms with Gasteiger partial charge in [-0.1, -0.05) is 29.8 Å². The largest absolute Gasteiger partial charge is 0.348 e. The minimum atomic E-state index is -0.370. The lowest BCUT2D eigenvalue weighted by atomic mass is 10.1. The van der Waals surface area contributed by atoms with Gasteiger partial charge in [0.25, 0.3) is 11.5 Å². The molecule has 2 aromatic rings. The Labute approximate surface area is 127 Å². The van der Waals surface area contributed by atoms with Crippen LogP contribution in [0.1, 0.15) is 33.6 Å². The molecule has 0 spiro atoms. The second kappa shape index (κ2) is 5.74. The monoisotopic (exact) mass is 302 g/mol. The standard InChI is InChI=1S/C16H15ClN2O2/c17-13-6-2-1-4-11(13)9-18-15(20)12-8-10-5-3-7-14(10)19-16(12)21/h1-2,4,6,8H,3,5,7,9H2,(H,18,20)(H,19,21). The van der Waals surface area contributed by atoms with E-state index in [9.17, 15) is 9.59 Å². The molecule has 4 nitrogen and oxygen atoms in total. The number of aryl methyl sites for hydroxylation is 2.